The molecule has 1 aliphatic heterocycles. The summed E-state index contributed by atoms with van der Waals surface area (Å²) in [6.07, 6.45) is 2.95. The summed E-state index contributed by atoms with van der Waals surface area (Å²) in [5.41, 5.74) is 5.64. The summed E-state index contributed by atoms with van der Waals surface area (Å²) in [6.45, 7) is 1.16. The number of carbonyl (C=O) groups excluding carboxylic acids is 1. The van der Waals surface area contributed by atoms with E-state index in [2.05, 4.69) is 4.98 Å². The van der Waals surface area contributed by atoms with Crippen LogP contribution < -0.4 is 5.73 Å². The molecule has 16 heavy (non-hydrogen) atoms. The standard InChI is InChI=1S/C11H14FN3O/c12-9-2-1-5-14-10(9)11(16)15-6-3-8(13)4-7-15/h1-2,5,8H,3-4,6-7,13H2. The summed E-state index contributed by atoms with van der Waals surface area (Å²) in [4.78, 5) is 17.3. The normalized spacial score (nSPS) is 17.5. The fourth-order valence-corrected chi connectivity index (χ4v) is 1.80. The van der Waals surface area contributed by atoms with E-state index in [0.29, 0.717) is 13.1 Å². The first-order valence-corrected chi connectivity index (χ1v) is 5.34. The van der Waals surface area contributed by atoms with Crippen molar-refractivity contribution in [2.45, 2.75) is 18.9 Å². The lowest BCUT2D eigenvalue weighted by molar-refractivity contribution is 0.0703. The van der Waals surface area contributed by atoms with Gasteiger partial charge in [0.25, 0.3) is 5.91 Å². The second kappa shape index (κ2) is 4.57. The third kappa shape index (κ3) is 2.19. The molecular formula is C11H14FN3O. The van der Waals surface area contributed by atoms with Gasteiger partial charge in [-0.05, 0) is 25.0 Å². The van der Waals surface area contributed by atoms with E-state index in [1.165, 1.54) is 18.3 Å². The maximum atomic E-state index is 13.3. The Hall–Kier alpha value is -1.49. The van der Waals surface area contributed by atoms with Gasteiger partial charge in [0.2, 0.25) is 0 Å². The predicted octanol–water partition coefficient (Wildman–Crippen LogP) is 0.784. The number of likely N-dealkylation sites (tertiary alicyclic amines) is 1. The van der Waals surface area contributed by atoms with E-state index in [-0.39, 0.29) is 17.6 Å². The molecule has 0 saturated carbocycles. The SMILES string of the molecule is NC1CCN(C(=O)c2ncccc2F)CC1. The molecule has 1 amide bonds. The van der Waals surface area contributed by atoms with Gasteiger partial charge >= 0.3 is 0 Å². The van der Waals surface area contributed by atoms with Crippen LogP contribution in [0.2, 0.25) is 0 Å². The third-order valence-corrected chi connectivity index (χ3v) is 2.79. The number of rotatable bonds is 1. The van der Waals surface area contributed by atoms with Crippen LogP contribution in [0.15, 0.2) is 18.3 Å². The van der Waals surface area contributed by atoms with E-state index in [0.717, 1.165) is 12.8 Å². The van der Waals surface area contributed by atoms with Gasteiger partial charge in [0, 0.05) is 25.3 Å². The highest BCUT2D eigenvalue weighted by atomic mass is 19.1. The van der Waals surface area contributed by atoms with Crippen LogP contribution in [0, 0.1) is 5.82 Å². The Morgan fingerprint density at radius 1 is 1.50 bits per heavy atom. The molecule has 2 N–H and O–H groups in total. The van der Waals surface area contributed by atoms with Crippen LogP contribution in [0.4, 0.5) is 4.39 Å². The smallest absolute Gasteiger partial charge is 0.275 e. The first-order valence-electron chi connectivity index (χ1n) is 5.34. The first kappa shape index (κ1) is 11.0. The molecule has 0 spiro atoms. The van der Waals surface area contributed by atoms with Crippen molar-refractivity contribution in [2.75, 3.05) is 13.1 Å². The fourth-order valence-electron chi connectivity index (χ4n) is 1.80. The van der Waals surface area contributed by atoms with Gasteiger partial charge in [-0.2, -0.15) is 0 Å². The maximum absolute atomic E-state index is 13.3. The van der Waals surface area contributed by atoms with Crippen molar-refractivity contribution in [3.05, 3.63) is 29.8 Å². The number of carbonyl (C=O) groups is 1. The molecule has 0 aliphatic carbocycles. The van der Waals surface area contributed by atoms with Gasteiger partial charge in [-0.3, -0.25) is 4.79 Å². The van der Waals surface area contributed by atoms with E-state index in [1.54, 1.807) is 4.90 Å². The number of piperidine rings is 1. The number of hydrogen-bond donors (Lipinski definition) is 1. The van der Waals surface area contributed by atoms with Crippen molar-refractivity contribution in [1.29, 1.82) is 0 Å². The average Bonchev–Trinajstić information content (AvgIpc) is 2.30. The number of nitrogens with zero attached hydrogens (tertiary/aromatic N) is 2. The topological polar surface area (TPSA) is 59.2 Å². The van der Waals surface area contributed by atoms with Gasteiger partial charge in [-0.15, -0.1) is 0 Å². The second-order valence-corrected chi connectivity index (χ2v) is 3.96. The third-order valence-electron chi connectivity index (χ3n) is 2.79. The van der Waals surface area contributed by atoms with Crippen LogP contribution >= 0.6 is 0 Å². The number of aromatic nitrogens is 1. The molecular weight excluding hydrogens is 209 g/mol. The van der Waals surface area contributed by atoms with E-state index < -0.39 is 5.82 Å². The number of nitrogens with two attached hydrogens (primary N) is 1. The minimum Gasteiger partial charge on any atom is -0.337 e. The second-order valence-electron chi connectivity index (χ2n) is 3.96. The van der Waals surface area contributed by atoms with Crippen LogP contribution in [-0.4, -0.2) is 34.9 Å². The van der Waals surface area contributed by atoms with Gasteiger partial charge in [0.05, 0.1) is 0 Å². The lowest BCUT2D eigenvalue weighted by atomic mass is 10.1. The molecule has 1 aromatic heterocycles. The highest BCUT2D eigenvalue weighted by Gasteiger charge is 2.24. The van der Waals surface area contributed by atoms with E-state index >= 15 is 0 Å². The van der Waals surface area contributed by atoms with Crippen LogP contribution in [0.25, 0.3) is 0 Å². The fraction of sp³-hybridized carbons (Fsp3) is 0.455. The minimum atomic E-state index is -0.567. The zero-order valence-corrected chi connectivity index (χ0v) is 8.90. The molecule has 1 aliphatic rings. The zero-order chi connectivity index (χ0) is 11.5. The predicted molar refractivity (Wildman–Crippen MR) is 57.3 cm³/mol. The van der Waals surface area contributed by atoms with E-state index in [1.807, 2.05) is 0 Å². The van der Waals surface area contributed by atoms with Gasteiger partial charge < -0.3 is 10.6 Å². The Balaban J connectivity index is 2.11. The Bertz CT molecular complexity index is 389. The Morgan fingerprint density at radius 3 is 2.81 bits per heavy atom. The van der Waals surface area contributed by atoms with Crippen LogP contribution in [-0.2, 0) is 0 Å². The summed E-state index contributed by atoms with van der Waals surface area (Å²) in [6, 6.07) is 2.87. The number of hydrogen-bond acceptors (Lipinski definition) is 3. The van der Waals surface area contributed by atoms with Gasteiger partial charge in [0.1, 0.15) is 0 Å². The average molecular weight is 223 g/mol. The molecule has 86 valence electrons. The summed E-state index contributed by atoms with van der Waals surface area (Å²) in [5, 5.41) is 0. The van der Waals surface area contributed by atoms with Crippen LogP contribution in [0.5, 0.6) is 0 Å². The monoisotopic (exact) mass is 223 g/mol. The van der Waals surface area contributed by atoms with Crippen LogP contribution in [0.3, 0.4) is 0 Å². The summed E-state index contributed by atoms with van der Waals surface area (Å²) >= 11 is 0. The maximum Gasteiger partial charge on any atom is 0.275 e. The molecule has 0 unspecified atom stereocenters. The summed E-state index contributed by atoms with van der Waals surface area (Å²) in [5.74, 6) is -0.910. The van der Waals surface area contributed by atoms with Gasteiger partial charge in [-0.1, -0.05) is 0 Å². The highest BCUT2D eigenvalue weighted by Crippen LogP contribution is 2.13. The van der Waals surface area contributed by atoms with Crippen molar-refractivity contribution in [3.63, 3.8) is 0 Å². The molecule has 1 fully saturated rings. The number of pyridine rings is 1. The van der Waals surface area contributed by atoms with Gasteiger partial charge in [-0.25, -0.2) is 9.37 Å². The molecule has 5 heteroatoms. The molecule has 1 aromatic rings. The molecule has 0 aromatic carbocycles. The van der Waals surface area contributed by atoms with Crippen molar-refractivity contribution < 1.29 is 9.18 Å². The number of amides is 1. The van der Waals surface area contributed by atoms with Crippen LogP contribution in [0.1, 0.15) is 23.3 Å². The summed E-state index contributed by atoms with van der Waals surface area (Å²) < 4.78 is 13.3. The number of halogens is 1. The van der Waals surface area contributed by atoms with Crippen molar-refractivity contribution in [3.8, 4) is 0 Å². The molecule has 2 rings (SSSR count). The lowest BCUT2D eigenvalue weighted by Crippen LogP contribution is -2.43. The molecule has 4 nitrogen and oxygen atoms in total. The molecule has 1 saturated heterocycles. The zero-order valence-electron chi connectivity index (χ0n) is 8.90. The summed E-state index contributed by atoms with van der Waals surface area (Å²) in [7, 11) is 0. The quantitative estimate of drug-likeness (QED) is 0.765. The molecule has 0 bridgehead atoms. The van der Waals surface area contributed by atoms with E-state index in [9.17, 15) is 9.18 Å². The Labute approximate surface area is 93.3 Å². The Morgan fingerprint density at radius 2 is 2.19 bits per heavy atom. The largest absolute Gasteiger partial charge is 0.337 e. The minimum absolute atomic E-state index is 0.0991. The molecule has 2 heterocycles. The van der Waals surface area contributed by atoms with Crippen molar-refractivity contribution >= 4 is 5.91 Å². The highest BCUT2D eigenvalue weighted by molar-refractivity contribution is 5.92. The van der Waals surface area contributed by atoms with Crippen molar-refractivity contribution in [1.82, 2.24) is 9.88 Å². The lowest BCUT2D eigenvalue weighted by Gasteiger charge is -2.29. The first-order chi connectivity index (χ1) is 7.68. The van der Waals surface area contributed by atoms with Crippen molar-refractivity contribution in [2.24, 2.45) is 5.73 Å². The molecule has 0 radical (unpaired) electrons. The molecule has 0 atom stereocenters. The van der Waals surface area contributed by atoms with E-state index in [4.69, 9.17) is 5.73 Å². The Kier molecular flexibility index (Phi) is 3.14. The van der Waals surface area contributed by atoms with Gasteiger partial charge in [0.15, 0.2) is 11.5 Å².